The van der Waals surface area contributed by atoms with Crippen molar-refractivity contribution in [1.29, 1.82) is 0 Å². The fourth-order valence-corrected chi connectivity index (χ4v) is 1.95. The maximum atomic E-state index is 9.92. The lowest BCUT2D eigenvalue weighted by molar-refractivity contribution is 0.0752. The van der Waals surface area contributed by atoms with Crippen LogP contribution in [0.4, 0.5) is 0 Å². The first kappa shape index (κ1) is 7.64. The number of allylic oxidation sites excluding steroid dienone is 4. The largest absolute Gasteiger partial charge is 0.378 e. The summed E-state index contributed by atoms with van der Waals surface area (Å²) in [5.41, 5.74) is -0.887. The van der Waals surface area contributed by atoms with E-state index in [2.05, 4.69) is 30.2 Å². The number of fused-ring (bicyclic) bond motifs is 2. The standard InChI is InChI=1S/C11H12O/c1-2-11(12)7-9-3-4-10(8-11)6-5-9/h1,3-6,9-10,12H,7-8H2. The lowest BCUT2D eigenvalue weighted by Crippen LogP contribution is -2.28. The highest BCUT2D eigenvalue weighted by molar-refractivity contribution is 5.23. The van der Waals surface area contributed by atoms with Crippen LogP contribution in [0.5, 0.6) is 0 Å². The molecule has 0 radical (unpaired) electrons. The van der Waals surface area contributed by atoms with Crippen LogP contribution >= 0.6 is 0 Å². The van der Waals surface area contributed by atoms with E-state index >= 15 is 0 Å². The van der Waals surface area contributed by atoms with E-state index < -0.39 is 5.60 Å². The van der Waals surface area contributed by atoms with Crippen molar-refractivity contribution in [1.82, 2.24) is 0 Å². The molecule has 0 heterocycles. The Morgan fingerprint density at radius 1 is 1.17 bits per heavy atom. The molecule has 0 amide bonds. The molecule has 3 aliphatic rings. The van der Waals surface area contributed by atoms with Gasteiger partial charge in [-0.05, 0) is 24.7 Å². The van der Waals surface area contributed by atoms with Gasteiger partial charge in [0.05, 0.1) is 0 Å². The third-order valence-electron chi connectivity index (χ3n) is 2.63. The van der Waals surface area contributed by atoms with Gasteiger partial charge in [-0.2, -0.15) is 0 Å². The average Bonchev–Trinajstić information content (AvgIpc) is 2.32. The van der Waals surface area contributed by atoms with Gasteiger partial charge in [0.2, 0.25) is 0 Å². The van der Waals surface area contributed by atoms with Gasteiger partial charge in [-0.1, -0.05) is 30.2 Å². The fraction of sp³-hybridized carbons (Fsp3) is 0.455. The van der Waals surface area contributed by atoms with Gasteiger partial charge >= 0.3 is 0 Å². The summed E-state index contributed by atoms with van der Waals surface area (Å²) in [4.78, 5) is 0. The number of aliphatic hydroxyl groups is 1. The molecule has 0 spiro atoms. The zero-order valence-electron chi connectivity index (χ0n) is 6.90. The van der Waals surface area contributed by atoms with E-state index in [1.54, 1.807) is 0 Å². The van der Waals surface area contributed by atoms with Crippen molar-refractivity contribution in [3.63, 3.8) is 0 Å². The quantitative estimate of drug-likeness (QED) is 0.420. The van der Waals surface area contributed by atoms with Gasteiger partial charge in [0.15, 0.2) is 0 Å². The molecule has 0 aromatic carbocycles. The molecule has 0 atom stereocenters. The number of hydrogen-bond acceptors (Lipinski definition) is 1. The zero-order valence-corrected chi connectivity index (χ0v) is 6.90. The van der Waals surface area contributed by atoms with Crippen LogP contribution in [-0.2, 0) is 0 Å². The predicted octanol–water partition coefficient (Wildman–Crippen LogP) is 1.50. The van der Waals surface area contributed by atoms with Crippen molar-refractivity contribution in [3.8, 4) is 12.3 Å². The van der Waals surface area contributed by atoms with Crippen LogP contribution in [0.25, 0.3) is 0 Å². The normalized spacial score (nSPS) is 44.0. The monoisotopic (exact) mass is 160 g/mol. The van der Waals surface area contributed by atoms with Crippen molar-refractivity contribution in [3.05, 3.63) is 24.3 Å². The number of hydrogen-bond donors (Lipinski definition) is 1. The maximum absolute atomic E-state index is 9.92. The summed E-state index contributed by atoms with van der Waals surface area (Å²) in [6, 6.07) is 0. The van der Waals surface area contributed by atoms with E-state index in [0.29, 0.717) is 24.7 Å². The molecule has 0 saturated carbocycles. The molecule has 62 valence electrons. The Balaban J connectivity index is 2.27. The first-order valence-corrected chi connectivity index (χ1v) is 4.29. The molecule has 1 N–H and O–H groups in total. The van der Waals surface area contributed by atoms with Gasteiger partial charge in [0.1, 0.15) is 5.60 Å². The summed E-state index contributed by atoms with van der Waals surface area (Å²) in [7, 11) is 0. The molecule has 0 fully saturated rings. The van der Waals surface area contributed by atoms with Crippen molar-refractivity contribution >= 4 is 0 Å². The Morgan fingerprint density at radius 3 is 1.92 bits per heavy atom. The third-order valence-corrected chi connectivity index (χ3v) is 2.63. The van der Waals surface area contributed by atoms with Crippen LogP contribution in [0.3, 0.4) is 0 Å². The van der Waals surface area contributed by atoms with Crippen LogP contribution in [0.1, 0.15) is 12.8 Å². The second kappa shape index (κ2) is 2.50. The number of rotatable bonds is 0. The Labute approximate surface area is 72.8 Å². The minimum absolute atomic E-state index is 0.338. The summed E-state index contributed by atoms with van der Waals surface area (Å²) in [6.45, 7) is 0. The summed E-state index contributed by atoms with van der Waals surface area (Å²) in [5, 5.41) is 9.92. The van der Waals surface area contributed by atoms with E-state index in [1.807, 2.05) is 0 Å². The summed E-state index contributed by atoms with van der Waals surface area (Å²) < 4.78 is 0. The molecule has 2 bridgehead atoms. The first-order valence-electron chi connectivity index (χ1n) is 4.29. The van der Waals surface area contributed by atoms with Gasteiger partial charge < -0.3 is 5.11 Å². The Morgan fingerprint density at radius 2 is 1.58 bits per heavy atom. The van der Waals surface area contributed by atoms with Crippen LogP contribution in [0, 0.1) is 24.2 Å². The molecule has 3 aliphatic carbocycles. The molecule has 0 saturated heterocycles. The van der Waals surface area contributed by atoms with Gasteiger partial charge in [0.25, 0.3) is 0 Å². The highest BCUT2D eigenvalue weighted by atomic mass is 16.3. The lowest BCUT2D eigenvalue weighted by Gasteiger charge is -2.21. The molecule has 0 aliphatic heterocycles. The maximum Gasteiger partial charge on any atom is 0.126 e. The minimum atomic E-state index is -0.887. The predicted molar refractivity (Wildman–Crippen MR) is 48.3 cm³/mol. The molecule has 0 unspecified atom stereocenters. The van der Waals surface area contributed by atoms with Crippen LogP contribution in [0.15, 0.2) is 24.3 Å². The molecular weight excluding hydrogens is 148 g/mol. The molecule has 3 rings (SSSR count). The highest BCUT2D eigenvalue weighted by Crippen LogP contribution is 2.34. The lowest BCUT2D eigenvalue weighted by atomic mass is 9.90. The Bertz CT molecular complexity index is 248. The van der Waals surface area contributed by atoms with E-state index in [1.165, 1.54) is 0 Å². The summed E-state index contributed by atoms with van der Waals surface area (Å²) in [5.74, 6) is 3.17. The molecular formula is C11H12O. The third kappa shape index (κ3) is 1.19. The second-order valence-corrected chi connectivity index (χ2v) is 3.68. The van der Waals surface area contributed by atoms with Gasteiger partial charge in [-0.15, -0.1) is 6.42 Å². The van der Waals surface area contributed by atoms with Crippen molar-refractivity contribution in [2.75, 3.05) is 0 Å². The van der Waals surface area contributed by atoms with E-state index in [-0.39, 0.29) is 0 Å². The van der Waals surface area contributed by atoms with Crippen molar-refractivity contribution in [2.24, 2.45) is 11.8 Å². The van der Waals surface area contributed by atoms with E-state index in [0.717, 1.165) is 0 Å². The molecule has 1 heteroatoms. The summed E-state index contributed by atoms with van der Waals surface area (Å²) >= 11 is 0. The SMILES string of the molecule is C#CC1(O)CC2C=CC(C=C2)C1. The van der Waals surface area contributed by atoms with Crippen LogP contribution in [-0.4, -0.2) is 10.7 Å². The van der Waals surface area contributed by atoms with Gasteiger partial charge in [0, 0.05) is 0 Å². The molecule has 0 aromatic rings. The topological polar surface area (TPSA) is 20.2 Å². The second-order valence-electron chi connectivity index (χ2n) is 3.68. The van der Waals surface area contributed by atoms with Crippen LogP contribution in [0.2, 0.25) is 0 Å². The van der Waals surface area contributed by atoms with E-state index in [9.17, 15) is 5.11 Å². The van der Waals surface area contributed by atoms with Crippen molar-refractivity contribution < 1.29 is 5.11 Å². The Kier molecular flexibility index (Phi) is 1.59. The highest BCUT2D eigenvalue weighted by Gasteiger charge is 2.33. The smallest absolute Gasteiger partial charge is 0.126 e. The molecule has 0 aromatic heterocycles. The fourth-order valence-electron chi connectivity index (χ4n) is 1.95. The molecule has 1 nitrogen and oxygen atoms in total. The van der Waals surface area contributed by atoms with Crippen LogP contribution < -0.4 is 0 Å². The van der Waals surface area contributed by atoms with E-state index in [4.69, 9.17) is 6.42 Å². The Hall–Kier alpha value is -1.00. The van der Waals surface area contributed by atoms with Gasteiger partial charge in [-0.25, -0.2) is 0 Å². The zero-order chi connectivity index (χ0) is 8.60. The van der Waals surface area contributed by atoms with Gasteiger partial charge in [-0.3, -0.25) is 0 Å². The first-order chi connectivity index (χ1) is 5.72. The summed E-state index contributed by atoms with van der Waals surface area (Å²) in [6.07, 6.45) is 15.2. The average molecular weight is 160 g/mol. The minimum Gasteiger partial charge on any atom is -0.378 e. The van der Waals surface area contributed by atoms with Crippen molar-refractivity contribution in [2.45, 2.75) is 18.4 Å². The molecule has 12 heavy (non-hydrogen) atoms. The number of terminal acetylenes is 1.